The van der Waals surface area contributed by atoms with E-state index in [1.165, 1.54) is 6.08 Å². The van der Waals surface area contributed by atoms with E-state index in [1.807, 2.05) is 13.0 Å². The number of amides is 2. The van der Waals surface area contributed by atoms with Crippen LogP contribution in [0.4, 0.5) is 0 Å². The zero-order valence-electron chi connectivity index (χ0n) is 15.9. The second-order valence-electron chi connectivity index (χ2n) is 5.86. The molecule has 0 fully saturated rings. The fourth-order valence-electron chi connectivity index (χ4n) is 2.37. The number of aryl methyl sites for hydroxylation is 2. The molecule has 0 atom stereocenters. The summed E-state index contributed by atoms with van der Waals surface area (Å²) in [7, 11) is 1.56. The number of methoxy groups -OCH3 is 1. The predicted molar refractivity (Wildman–Crippen MR) is 102 cm³/mol. The third-order valence-electron chi connectivity index (χ3n) is 3.66. The van der Waals surface area contributed by atoms with Crippen LogP contribution in [0.3, 0.4) is 0 Å². The molecule has 1 aromatic carbocycles. The predicted octanol–water partition coefficient (Wildman–Crippen LogP) is 3.17. The molecule has 0 aliphatic carbocycles. The van der Waals surface area contributed by atoms with Crippen molar-refractivity contribution in [3.8, 4) is 11.5 Å². The first-order chi connectivity index (χ1) is 12.9. The zero-order valence-corrected chi connectivity index (χ0v) is 15.9. The van der Waals surface area contributed by atoms with Crippen molar-refractivity contribution in [1.29, 1.82) is 0 Å². The first-order valence-electron chi connectivity index (χ1n) is 8.60. The number of hydrazine groups is 1. The van der Waals surface area contributed by atoms with Crippen LogP contribution in [-0.2, 0) is 4.79 Å². The summed E-state index contributed by atoms with van der Waals surface area (Å²) in [4.78, 5) is 23.9. The van der Waals surface area contributed by atoms with Gasteiger partial charge in [0, 0.05) is 6.08 Å². The van der Waals surface area contributed by atoms with Crippen LogP contribution >= 0.6 is 0 Å². The second kappa shape index (κ2) is 9.47. The van der Waals surface area contributed by atoms with Crippen molar-refractivity contribution in [2.24, 2.45) is 0 Å². The molecular formula is C20H24N2O5. The van der Waals surface area contributed by atoms with Gasteiger partial charge in [0.05, 0.1) is 19.3 Å². The minimum Gasteiger partial charge on any atom is -0.493 e. The van der Waals surface area contributed by atoms with Crippen LogP contribution in [0.25, 0.3) is 6.08 Å². The molecule has 7 nitrogen and oxygen atoms in total. The average Bonchev–Trinajstić information content (AvgIpc) is 3.01. The SMILES string of the molecule is CCCOc1ccc(/C=C/C(=O)NNC(=O)c2cc(C)oc2C)cc1OC. The maximum absolute atomic E-state index is 12.0. The summed E-state index contributed by atoms with van der Waals surface area (Å²) in [5.74, 6) is 1.46. The quantitative estimate of drug-likeness (QED) is 0.576. The highest BCUT2D eigenvalue weighted by Crippen LogP contribution is 2.28. The highest BCUT2D eigenvalue weighted by Gasteiger charge is 2.13. The molecule has 7 heteroatoms. The molecule has 0 saturated heterocycles. The van der Waals surface area contributed by atoms with E-state index in [4.69, 9.17) is 13.9 Å². The summed E-state index contributed by atoms with van der Waals surface area (Å²) in [5.41, 5.74) is 5.82. The molecule has 1 aromatic heterocycles. The van der Waals surface area contributed by atoms with Crippen LogP contribution in [0.2, 0.25) is 0 Å². The normalized spacial score (nSPS) is 10.7. The van der Waals surface area contributed by atoms with Crippen molar-refractivity contribution in [2.45, 2.75) is 27.2 Å². The van der Waals surface area contributed by atoms with Crippen molar-refractivity contribution >= 4 is 17.9 Å². The third-order valence-corrected chi connectivity index (χ3v) is 3.66. The van der Waals surface area contributed by atoms with Gasteiger partial charge >= 0.3 is 0 Å². The van der Waals surface area contributed by atoms with Gasteiger partial charge < -0.3 is 13.9 Å². The molecule has 0 bridgehead atoms. The maximum Gasteiger partial charge on any atom is 0.273 e. The Labute approximate surface area is 158 Å². The number of benzene rings is 1. The molecule has 0 radical (unpaired) electrons. The Hall–Kier alpha value is -3.22. The average molecular weight is 372 g/mol. The molecule has 0 unspecified atom stereocenters. The van der Waals surface area contributed by atoms with Crippen LogP contribution in [0.15, 0.2) is 34.8 Å². The lowest BCUT2D eigenvalue weighted by Crippen LogP contribution is -2.40. The molecule has 144 valence electrons. The summed E-state index contributed by atoms with van der Waals surface area (Å²) < 4.78 is 16.2. The fourth-order valence-corrected chi connectivity index (χ4v) is 2.37. The number of furan rings is 1. The number of rotatable bonds is 7. The van der Waals surface area contributed by atoms with E-state index in [0.29, 0.717) is 35.2 Å². The van der Waals surface area contributed by atoms with Gasteiger partial charge in [0.2, 0.25) is 0 Å². The Morgan fingerprint density at radius 1 is 1.15 bits per heavy atom. The van der Waals surface area contributed by atoms with Gasteiger partial charge in [-0.15, -0.1) is 0 Å². The van der Waals surface area contributed by atoms with Crippen molar-refractivity contribution < 1.29 is 23.5 Å². The van der Waals surface area contributed by atoms with Gasteiger partial charge in [0.25, 0.3) is 11.8 Å². The van der Waals surface area contributed by atoms with Crippen LogP contribution in [0.5, 0.6) is 11.5 Å². The second-order valence-corrected chi connectivity index (χ2v) is 5.86. The van der Waals surface area contributed by atoms with E-state index in [1.54, 1.807) is 45.2 Å². The molecule has 0 aliphatic rings. The van der Waals surface area contributed by atoms with Crippen molar-refractivity contribution in [2.75, 3.05) is 13.7 Å². The van der Waals surface area contributed by atoms with Gasteiger partial charge in [0.1, 0.15) is 11.5 Å². The lowest BCUT2D eigenvalue weighted by Gasteiger charge is -2.10. The van der Waals surface area contributed by atoms with Gasteiger partial charge in [-0.2, -0.15) is 0 Å². The van der Waals surface area contributed by atoms with Crippen LogP contribution in [0.1, 0.15) is 40.8 Å². The molecule has 1 heterocycles. The smallest absolute Gasteiger partial charge is 0.273 e. The number of hydrogen-bond acceptors (Lipinski definition) is 5. The number of ether oxygens (including phenoxy) is 2. The van der Waals surface area contributed by atoms with Gasteiger partial charge in [-0.1, -0.05) is 13.0 Å². The molecule has 2 rings (SSSR count). The summed E-state index contributed by atoms with van der Waals surface area (Å²) in [6.45, 7) is 6.06. The summed E-state index contributed by atoms with van der Waals surface area (Å²) in [5, 5.41) is 0. The minimum atomic E-state index is -0.466. The van der Waals surface area contributed by atoms with E-state index >= 15 is 0 Å². The zero-order chi connectivity index (χ0) is 19.8. The lowest BCUT2D eigenvalue weighted by atomic mass is 10.2. The van der Waals surface area contributed by atoms with E-state index in [9.17, 15) is 9.59 Å². The van der Waals surface area contributed by atoms with Crippen molar-refractivity contribution in [3.05, 3.63) is 53.0 Å². The summed E-state index contributed by atoms with van der Waals surface area (Å²) in [6, 6.07) is 6.98. The Kier molecular flexibility index (Phi) is 7.05. The Morgan fingerprint density at radius 2 is 1.93 bits per heavy atom. The van der Waals surface area contributed by atoms with Gasteiger partial charge in [-0.25, -0.2) is 0 Å². The molecule has 2 N–H and O–H groups in total. The maximum atomic E-state index is 12.0. The third kappa shape index (κ3) is 5.64. The molecule has 2 aromatic rings. The van der Waals surface area contributed by atoms with Crippen molar-refractivity contribution in [1.82, 2.24) is 10.9 Å². The number of carbonyl (C=O) groups excluding carboxylic acids is 2. The molecule has 0 spiro atoms. The summed E-state index contributed by atoms with van der Waals surface area (Å²) >= 11 is 0. The van der Waals surface area contributed by atoms with E-state index in [2.05, 4.69) is 10.9 Å². The number of carbonyl (C=O) groups is 2. The van der Waals surface area contributed by atoms with E-state index < -0.39 is 11.8 Å². The Bertz CT molecular complexity index is 839. The Morgan fingerprint density at radius 3 is 2.56 bits per heavy atom. The number of nitrogens with one attached hydrogen (secondary N) is 2. The van der Waals surface area contributed by atoms with Crippen LogP contribution in [-0.4, -0.2) is 25.5 Å². The van der Waals surface area contributed by atoms with Crippen LogP contribution < -0.4 is 20.3 Å². The van der Waals surface area contributed by atoms with Gasteiger partial charge in [0.15, 0.2) is 11.5 Å². The first kappa shape index (κ1) is 20.1. The number of hydrogen-bond donors (Lipinski definition) is 2. The van der Waals surface area contributed by atoms with Gasteiger partial charge in [-0.3, -0.25) is 20.4 Å². The lowest BCUT2D eigenvalue weighted by molar-refractivity contribution is -0.117. The molecule has 0 aliphatic heterocycles. The molecule has 0 saturated carbocycles. The standard InChI is InChI=1S/C20H24N2O5/c1-5-10-26-17-8-6-15(12-18(17)25-4)7-9-19(23)21-22-20(24)16-11-13(2)27-14(16)3/h6-9,11-12H,5,10H2,1-4H3,(H,21,23)(H,22,24)/b9-7+. The van der Waals surface area contributed by atoms with Crippen molar-refractivity contribution in [3.63, 3.8) is 0 Å². The molecule has 2 amide bonds. The highest BCUT2D eigenvalue weighted by atomic mass is 16.5. The van der Waals surface area contributed by atoms with E-state index in [0.717, 1.165) is 12.0 Å². The molecular weight excluding hydrogens is 348 g/mol. The minimum absolute atomic E-state index is 0.379. The highest BCUT2D eigenvalue weighted by molar-refractivity contribution is 5.98. The largest absolute Gasteiger partial charge is 0.493 e. The summed E-state index contributed by atoms with van der Waals surface area (Å²) in [6.07, 6.45) is 3.82. The van der Waals surface area contributed by atoms with E-state index in [-0.39, 0.29) is 0 Å². The molecule has 27 heavy (non-hydrogen) atoms. The monoisotopic (exact) mass is 372 g/mol. The van der Waals surface area contributed by atoms with Crippen LogP contribution in [0, 0.1) is 13.8 Å². The topological polar surface area (TPSA) is 89.8 Å². The van der Waals surface area contributed by atoms with Gasteiger partial charge in [-0.05, 0) is 50.1 Å². The Balaban J connectivity index is 1.94. The fraction of sp³-hybridized carbons (Fsp3) is 0.300. The first-order valence-corrected chi connectivity index (χ1v) is 8.60.